The lowest BCUT2D eigenvalue weighted by Crippen LogP contribution is -2.37. The summed E-state index contributed by atoms with van der Waals surface area (Å²) in [6.07, 6.45) is 0.723. The molecule has 2 aromatic carbocycles. The van der Waals surface area contributed by atoms with Crippen LogP contribution >= 0.6 is 0 Å². The number of amides is 2. The second kappa shape index (κ2) is 8.78. The molecule has 2 aromatic rings. The summed E-state index contributed by atoms with van der Waals surface area (Å²) >= 11 is 0. The zero-order valence-electron chi connectivity index (χ0n) is 16.6. The van der Waals surface area contributed by atoms with Gasteiger partial charge in [0.05, 0.1) is 25.3 Å². The Labute approximate surface area is 165 Å². The van der Waals surface area contributed by atoms with Gasteiger partial charge in [-0.3, -0.25) is 9.59 Å². The Kier molecular flexibility index (Phi) is 6.19. The second-order valence-electron chi connectivity index (χ2n) is 6.84. The second-order valence-corrected chi connectivity index (χ2v) is 6.84. The van der Waals surface area contributed by atoms with Gasteiger partial charge < -0.3 is 19.3 Å². The summed E-state index contributed by atoms with van der Waals surface area (Å²) in [6.45, 7) is 4.12. The van der Waals surface area contributed by atoms with Gasteiger partial charge in [-0.25, -0.2) is 0 Å². The minimum atomic E-state index is -0.0696. The first-order valence-electron chi connectivity index (χ1n) is 9.41. The molecule has 0 aromatic heterocycles. The fraction of sp³-hybridized carbons (Fsp3) is 0.364. The topological polar surface area (TPSA) is 59.1 Å². The van der Waals surface area contributed by atoms with E-state index in [1.54, 1.807) is 36.2 Å². The monoisotopic (exact) mass is 382 g/mol. The zero-order chi connectivity index (χ0) is 20.1. The number of ether oxygens (including phenoxy) is 2. The zero-order valence-corrected chi connectivity index (χ0v) is 16.6. The van der Waals surface area contributed by atoms with Crippen molar-refractivity contribution in [3.63, 3.8) is 0 Å². The van der Waals surface area contributed by atoms with Crippen LogP contribution in [0.4, 0.5) is 0 Å². The molecule has 1 saturated heterocycles. The lowest BCUT2D eigenvalue weighted by Gasteiger charge is -2.23. The molecule has 6 nitrogen and oxygen atoms in total. The molecule has 1 heterocycles. The molecule has 2 amide bonds. The standard InChI is InChI=1S/C22H26N2O4/c1-16-9-10-20(28-3)18(15-16)22(26)24-12-6-11-23(13-14-24)21(25)17-7-4-5-8-19(17)27-2/h4-5,7-10,15H,6,11-14H2,1-3H3. The molecular weight excluding hydrogens is 356 g/mol. The number of benzene rings is 2. The Morgan fingerprint density at radius 3 is 2.00 bits per heavy atom. The Hall–Kier alpha value is -3.02. The summed E-state index contributed by atoms with van der Waals surface area (Å²) in [7, 11) is 3.13. The van der Waals surface area contributed by atoms with Gasteiger partial charge in [0.2, 0.25) is 0 Å². The van der Waals surface area contributed by atoms with Gasteiger partial charge in [0.1, 0.15) is 11.5 Å². The van der Waals surface area contributed by atoms with Crippen molar-refractivity contribution >= 4 is 11.8 Å². The van der Waals surface area contributed by atoms with Gasteiger partial charge in [0.15, 0.2) is 0 Å². The van der Waals surface area contributed by atoms with E-state index in [0.29, 0.717) is 48.8 Å². The molecular formula is C22H26N2O4. The maximum atomic E-state index is 13.1. The number of para-hydroxylation sites is 1. The summed E-state index contributed by atoms with van der Waals surface area (Å²) in [4.78, 5) is 29.6. The van der Waals surface area contributed by atoms with Gasteiger partial charge in [-0.1, -0.05) is 23.8 Å². The lowest BCUT2D eigenvalue weighted by molar-refractivity contribution is 0.0715. The summed E-state index contributed by atoms with van der Waals surface area (Å²) in [5, 5.41) is 0. The molecule has 0 N–H and O–H groups in total. The fourth-order valence-electron chi connectivity index (χ4n) is 3.47. The fourth-order valence-corrected chi connectivity index (χ4v) is 3.47. The first kappa shape index (κ1) is 19.7. The number of rotatable bonds is 4. The number of hydrogen-bond donors (Lipinski definition) is 0. The van der Waals surface area contributed by atoms with Gasteiger partial charge in [-0.2, -0.15) is 0 Å². The van der Waals surface area contributed by atoms with Gasteiger partial charge in [-0.05, 0) is 37.6 Å². The van der Waals surface area contributed by atoms with E-state index in [1.165, 1.54) is 0 Å². The van der Waals surface area contributed by atoms with Crippen LogP contribution in [0.1, 0.15) is 32.7 Å². The Balaban J connectivity index is 1.74. The third-order valence-corrected chi connectivity index (χ3v) is 4.99. The molecule has 28 heavy (non-hydrogen) atoms. The predicted molar refractivity (Wildman–Crippen MR) is 107 cm³/mol. The summed E-state index contributed by atoms with van der Waals surface area (Å²) < 4.78 is 10.7. The normalized spacial score (nSPS) is 14.4. The number of nitrogens with zero attached hydrogens (tertiary/aromatic N) is 2. The van der Waals surface area contributed by atoms with Crippen molar-refractivity contribution in [3.05, 3.63) is 59.2 Å². The molecule has 3 rings (SSSR count). The Bertz CT molecular complexity index is 865. The number of carbonyl (C=O) groups excluding carboxylic acids is 2. The number of methoxy groups -OCH3 is 2. The van der Waals surface area contributed by atoms with Crippen LogP contribution in [0.15, 0.2) is 42.5 Å². The molecule has 0 atom stereocenters. The van der Waals surface area contributed by atoms with E-state index in [9.17, 15) is 9.59 Å². The van der Waals surface area contributed by atoms with Crippen LogP contribution in [0.5, 0.6) is 11.5 Å². The maximum Gasteiger partial charge on any atom is 0.257 e. The van der Waals surface area contributed by atoms with Crippen LogP contribution < -0.4 is 9.47 Å². The van der Waals surface area contributed by atoms with Crippen LogP contribution in [0.25, 0.3) is 0 Å². The van der Waals surface area contributed by atoms with E-state index in [-0.39, 0.29) is 11.8 Å². The highest BCUT2D eigenvalue weighted by molar-refractivity contribution is 5.98. The maximum absolute atomic E-state index is 13.1. The quantitative estimate of drug-likeness (QED) is 0.816. The van der Waals surface area contributed by atoms with Crippen molar-refractivity contribution in [3.8, 4) is 11.5 Å². The predicted octanol–water partition coefficient (Wildman–Crippen LogP) is 3.00. The van der Waals surface area contributed by atoms with Crippen molar-refractivity contribution in [2.45, 2.75) is 13.3 Å². The Morgan fingerprint density at radius 2 is 1.36 bits per heavy atom. The van der Waals surface area contributed by atoms with E-state index < -0.39 is 0 Å². The highest BCUT2D eigenvalue weighted by Gasteiger charge is 2.26. The van der Waals surface area contributed by atoms with E-state index in [0.717, 1.165) is 12.0 Å². The number of carbonyl (C=O) groups is 2. The van der Waals surface area contributed by atoms with E-state index in [4.69, 9.17) is 9.47 Å². The van der Waals surface area contributed by atoms with Gasteiger partial charge in [-0.15, -0.1) is 0 Å². The number of hydrogen-bond acceptors (Lipinski definition) is 4. The van der Waals surface area contributed by atoms with Gasteiger partial charge in [0, 0.05) is 26.2 Å². The van der Waals surface area contributed by atoms with E-state index in [2.05, 4.69) is 0 Å². The Morgan fingerprint density at radius 1 is 0.786 bits per heavy atom. The minimum Gasteiger partial charge on any atom is -0.496 e. The van der Waals surface area contributed by atoms with Gasteiger partial charge in [0.25, 0.3) is 11.8 Å². The first-order chi connectivity index (χ1) is 13.5. The largest absolute Gasteiger partial charge is 0.496 e. The number of aryl methyl sites for hydroxylation is 1. The smallest absolute Gasteiger partial charge is 0.257 e. The molecule has 0 unspecified atom stereocenters. The van der Waals surface area contributed by atoms with Crippen molar-refractivity contribution in [1.82, 2.24) is 9.80 Å². The van der Waals surface area contributed by atoms with Crippen LogP contribution in [0.3, 0.4) is 0 Å². The lowest BCUT2D eigenvalue weighted by atomic mass is 10.1. The third kappa shape index (κ3) is 4.11. The minimum absolute atomic E-state index is 0.0628. The first-order valence-corrected chi connectivity index (χ1v) is 9.41. The molecule has 1 fully saturated rings. The molecule has 1 aliphatic heterocycles. The van der Waals surface area contributed by atoms with E-state index in [1.807, 2.05) is 37.3 Å². The molecule has 0 saturated carbocycles. The van der Waals surface area contributed by atoms with Crippen LogP contribution in [0, 0.1) is 6.92 Å². The van der Waals surface area contributed by atoms with Crippen LogP contribution in [-0.4, -0.2) is 62.0 Å². The molecule has 0 aliphatic carbocycles. The summed E-state index contributed by atoms with van der Waals surface area (Å²) in [5.74, 6) is 1.00. The average Bonchev–Trinajstić information content (AvgIpc) is 2.99. The SMILES string of the molecule is COc1ccccc1C(=O)N1CCCN(C(=O)c2cc(C)ccc2OC)CC1. The summed E-state index contributed by atoms with van der Waals surface area (Å²) in [5.41, 5.74) is 2.11. The van der Waals surface area contributed by atoms with Crippen molar-refractivity contribution in [2.75, 3.05) is 40.4 Å². The van der Waals surface area contributed by atoms with Crippen molar-refractivity contribution in [2.24, 2.45) is 0 Å². The molecule has 0 radical (unpaired) electrons. The molecule has 1 aliphatic rings. The van der Waals surface area contributed by atoms with E-state index >= 15 is 0 Å². The molecule has 6 heteroatoms. The highest BCUT2D eigenvalue weighted by Crippen LogP contribution is 2.23. The van der Waals surface area contributed by atoms with Crippen LogP contribution in [-0.2, 0) is 0 Å². The summed E-state index contributed by atoms with van der Waals surface area (Å²) in [6, 6.07) is 12.8. The average molecular weight is 382 g/mol. The van der Waals surface area contributed by atoms with Crippen molar-refractivity contribution < 1.29 is 19.1 Å². The van der Waals surface area contributed by atoms with Gasteiger partial charge >= 0.3 is 0 Å². The van der Waals surface area contributed by atoms with Crippen LogP contribution in [0.2, 0.25) is 0 Å². The highest BCUT2D eigenvalue weighted by atomic mass is 16.5. The molecule has 148 valence electrons. The van der Waals surface area contributed by atoms with Crippen molar-refractivity contribution in [1.29, 1.82) is 0 Å². The third-order valence-electron chi connectivity index (χ3n) is 4.99. The molecule has 0 spiro atoms. The molecule has 0 bridgehead atoms.